The minimum absolute atomic E-state index is 0. The van der Waals surface area contributed by atoms with Crippen LogP contribution in [0.15, 0.2) is 42.5 Å². The number of nitrogens with one attached hydrogen (secondary N) is 1. The van der Waals surface area contributed by atoms with Crippen LogP contribution >= 0.6 is 12.4 Å². The van der Waals surface area contributed by atoms with Crippen molar-refractivity contribution in [2.45, 2.75) is 26.7 Å². The lowest BCUT2D eigenvalue weighted by Crippen LogP contribution is -2.26. The summed E-state index contributed by atoms with van der Waals surface area (Å²) in [4.78, 5) is 25.2. The first kappa shape index (κ1) is 20.9. The van der Waals surface area contributed by atoms with Crippen LogP contribution in [0.4, 0.5) is 0 Å². The molecule has 0 aliphatic rings. The third-order valence-corrected chi connectivity index (χ3v) is 4.10. The number of carbonyl (C=O) groups is 2. The second kappa shape index (κ2) is 9.97. The Balaban J connectivity index is 0.00000312. The number of amides is 1. The van der Waals surface area contributed by atoms with E-state index in [1.165, 1.54) is 0 Å². The molecule has 2 rings (SSSR count). The molecule has 5 heteroatoms. The largest absolute Gasteiger partial charge is 0.352 e. The predicted octanol–water partition coefficient (Wildman–Crippen LogP) is 3.42. The van der Waals surface area contributed by atoms with Crippen molar-refractivity contribution in [2.24, 2.45) is 5.73 Å². The first-order valence-electron chi connectivity index (χ1n) is 8.24. The van der Waals surface area contributed by atoms with Gasteiger partial charge in [-0.25, -0.2) is 0 Å². The van der Waals surface area contributed by atoms with Crippen molar-refractivity contribution < 1.29 is 9.59 Å². The van der Waals surface area contributed by atoms with E-state index in [4.69, 9.17) is 5.73 Å². The first-order valence-corrected chi connectivity index (χ1v) is 8.24. The summed E-state index contributed by atoms with van der Waals surface area (Å²) in [6.07, 6.45) is 1.69. The highest BCUT2D eigenvalue weighted by Gasteiger charge is 2.18. The molecule has 134 valence electrons. The van der Waals surface area contributed by atoms with Crippen LogP contribution in [-0.2, 0) is 0 Å². The Morgan fingerprint density at radius 2 is 1.64 bits per heavy atom. The van der Waals surface area contributed by atoms with E-state index in [0.29, 0.717) is 29.8 Å². The molecule has 3 N–H and O–H groups in total. The van der Waals surface area contributed by atoms with Crippen molar-refractivity contribution in [3.05, 3.63) is 70.3 Å². The third-order valence-electron chi connectivity index (χ3n) is 4.10. The molecule has 0 saturated carbocycles. The Morgan fingerprint density at radius 1 is 0.960 bits per heavy atom. The highest BCUT2D eigenvalue weighted by Crippen LogP contribution is 2.17. The summed E-state index contributed by atoms with van der Waals surface area (Å²) in [5.41, 5.74) is 9.08. The maximum atomic E-state index is 12.8. The monoisotopic (exact) mass is 360 g/mol. The fraction of sp³-hybridized carbons (Fsp3) is 0.300. The van der Waals surface area contributed by atoms with Crippen LogP contribution in [-0.4, -0.2) is 24.8 Å². The lowest BCUT2D eigenvalue weighted by atomic mass is 9.95. The van der Waals surface area contributed by atoms with Crippen molar-refractivity contribution in [3.8, 4) is 0 Å². The van der Waals surface area contributed by atoms with Crippen LogP contribution in [0.25, 0.3) is 0 Å². The van der Waals surface area contributed by atoms with E-state index in [0.717, 1.165) is 24.0 Å². The third kappa shape index (κ3) is 5.41. The number of ketones is 1. The number of carbonyl (C=O) groups excluding carboxylic acids is 2. The Bertz CT molecular complexity index is 744. The number of rotatable bonds is 7. The fourth-order valence-corrected chi connectivity index (χ4v) is 2.48. The van der Waals surface area contributed by atoms with Gasteiger partial charge in [0.1, 0.15) is 0 Å². The molecule has 25 heavy (non-hydrogen) atoms. The number of aryl methyl sites for hydroxylation is 2. The Kier molecular flexibility index (Phi) is 8.32. The molecule has 4 nitrogen and oxygen atoms in total. The number of nitrogens with two attached hydrogens (primary N) is 1. The molecule has 2 aromatic rings. The van der Waals surface area contributed by atoms with Crippen molar-refractivity contribution in [2.75, 3.05) is 13.1 Å². The smallest absolute Gasteiger partial charge is 0.252 e. The van der Waals surface area contributed by atoms with E-state index in [-0.39, 0.29) is 24.1 Å². The van der Waals surface area contributed by atoms with Crippen LogP contribution in [0.5, 0.6) is 0 Å². The minimum Gasteiger partial charge on any atom is -0.352 e. The van der Waals surface area contributed by atoms with Gasteiger partial charge in [-0.3, -0.25) is 9.59 Å². The molecule has 0 fully saturated rings. The van der Waals surface area contributed by atoms with Crippen LogP contribution in [0.3, 0.4) is 0 Å². The number of unbranched alkanes of at least 4 members (excludes halogenated alkanes) is 1. The molecule has 0 atom stereocenters. The van der Waals surface area contributed by atoms with Gasteiger partial charge < -0.3 is 11.1 Å². The fourth-order valence-electron chi connectivity index (χ4n) is 2.48. The maximum absolute atomic E-state index is 12.8. The quantitative estimate of drug-likeness (QED) is 0.587. The van der Waals surface area contributed by atoms with Crippen LogP contribution in [0.2, 0.25) is 0 Å². The van der Waals surface area contributed by atoms with Crippen molar-refractivity contribution >= 4 is 24.1 Å². The number of hydrogen-bond acceptors (Lipinski definition) is 3. The molecule has 0 aliphatic carbocycles. The van der Waals surface area contributed by atoms with Gasteiger partial charge in [0.15, 0.2) is 5.78 Å². The summed E-state index contributed by atoms with van der Waals surface area (Å²) >= 11 is 0. The van der Waals surface area contributed by atoms with Gasteiger partial charge in [0.05, 0.1) is 5.56 Å². The molecule has 1 amide bonds. The topological polar surface area (TPSA) is 72.2 Å². The molecule has 0 bridgehead atoms. The number of benzene rings is 2. The van der Waals surface area contributed by atoms with Crippen molar-refractivity contribution in [1.29, 1.82) is 0 Å². The lowest BCUT2D eigenvalue weighted by Gasteiger charge is -2.10. The second-order valence-electron chi connectivity index (χ2n) is 5.93. The zero-order chi connectivity index (χ0) is 17.5. The van der Waals surface area contributed by atoms with Gasteiger partial charge in [-0.2, -0.15) is 0 Å². The zero-order valence-electron chi connectivity index (χ0n) is 14.7. The summed E-state index contributed by atoms with van der Waals surface area (Å²) in [6.45, 7) is 5.15. The molecule has 0 unspecified atom stereocenters. The Labute approximate surface area is 155 Å². The summed E-state index contributed by atoms with van der Waals surface area (Å²) in [7, 11) is 0. The molecular formula is C20H25ClN2O2. The van der Waals surface area contributed by atoms with Crippen LogP contribution in [0.1, 0.15) is 50.2 Å². The van der Waals surface area contributed by atoms with Crippen molar-refractivity contribution in [3.63, 3.8) is 0 Å². The highest BCUT2D eigenvalue weighted by molar-refractivity contribution is 6.15. The van der Waals surface area contributed by atoms with Gasteiger partial charge in [0.2, 0.25) is 0 Å². The first-order chi connectivity index (χ1) is 11.5. The van der Waals surface area contributed by atoms with Gasteiger partial charge in [-0.05, 0) is 56.5 Å². The SMILES string of the molecule is Cc1ccc(C(=O)c2ccccc2C(=O)NCCCCN)cc1C.Cl. The van der Waals surface area contributed by atoms with E-state index >= 15 is 0 Å². The van der Waals surface area contributed by atoms with Crippen LogP contribution in [0, 0.1) is 13.8 Å². The van der Waals surface area contributed by atoms with Crippen LogP contribution < -0.4 is 11.1 Å². The molecule has 0 spiro atoms. The summed E-state index contributed by atoms with van der Waals surface area (Å²) in [6, 6.07) is 12.5. The van der Waals surface area contributed by atoms with Gasteiger partial charge in [0.25, 0.3) is 5.91 Å². The molecule has 2 aromatic carbocycles. The molecule has 0 heterocycles. The van der Waals surface area contributed by atoms with E-state index in [1.54, 1.807) is 30.3 Å². The molecule has 0 aliphatic heterocycles. The Hall–Kier alpha value is -2.17. The van der Waals surface area contributed by atoms with E-state index in [1.807, 2.05) is 26.0 Å². The standard InChI is InChI=1S/C20H24N2O2.ClH/c1-14-9-10-16(13-15(14)2)19(23)17-7-3-4-8-18(17)20(24)22-12-6-5-11-21;/h3-4,7-10,13H,5-6,11-12,21H2,1-2H3,(H,22,24);1H. The average Bonchev–Trinajstić information content (AvgIpc) is 2.60. The summed E-state index contributed by atoms with van der Waals surface area (Å²) < 4.78 is 0. The maximum Gasteiger partial charge on any atom is 0.252 e. The summed E-state index contributed by atoms with van der Waals surface area (Å²) in [5.74, 6) is -0.356. The number of halogens is 1. The van der Waals surface area contributed by atoms with E-state index in [9.17, 15) is 9.59 Å². The average molecular weight is 361 g/mol. The molecule has 0 radical (unpaired) electrons. The van der Waals surface area contributed by atoms with Crippen molar-refractivity contribution in [1.82, 2.24) is 5.32 Å². The second-order valence-corrected chi connectivity index (χ2v) is 5.93. The minimum atomic E-state index is -0.222. The van der Waals surface area contributed by atoms with Gasteiger partial charge in [-0.15, -0.1) is 12.4 Å². The zero-order valence-corrected chi connectivity index (χ0v) is 15.5. The molecule has 0 aromatic heterocycles. The number of hydrogen-bond donors (Lipinski definition) is 2. The lowest BCUT2D eigenvalue weighted by molar-refractivity contribution is 0.0941. The Morgan fingerprint density at radius 3 is 2.28 bits per heavy atom. The van der Waals surface area contributed by atoms with Gasteiger partial charge in [-0.1, -0.05) is 30.3 Å². The predicted molar refractivity (Wildman–Crippen MR) is 104 cm³/mol. The van der Waals surface area contributed by atoms with Gasteiger partial charge >= 0.3 is 0 Å². The van der Waals surface area contributed by atoms with E-state index < -0.39 is 0 Å². The molecular weight excluding hydrogens is 336 g/mol. The normalized spacial score (nSPS) is 10.0. The highest BCUT2D eigenvalue weighted by atomic mass is 35.5. The molecule has 0 saturated heterocycles. The van der Waals surface area contributed by atoms with Gasteiger partial charge in [0, 0.05) is 17.7 Å². The summed E-state index contributed by atoms with van der Waals surface area (Å²) in [5, 5.41) is 2.85. The van der Waals surface area contributed by atoms with E-state index in [2.05, 4.69) is 5.32 Å².